The zero-order valence-corrected chi connectivity index (χ0v) is 11.3. The first-order valence-electron chi connectivity index (χ1n) is 5.78. The van der Waals surface area contributed by atoms with E-state index in [4.69, 9.17) is 0 Å². The molecular formula is C13H18IN. The van der Waals surface area contributed by atoms with Crippen LogP contribution in [0.4, 0.5) is 5.69 Å². The maximum absolute atomic E-state index is 3.64. The fourth-order valence-corrected chi connectivity index (χ4v) is 2.94. The number of nitrogens with one attached hydrogen (secondary N) is 1. The van der Waals surface area contributed by atoms with Crippen molar-refractivity contribution in [2.75, 3.05) is 5.32 Å². The fourth-order valence-electron chi connectivity index (χ4n) is 2.40. The molecule has 1 aliphatic carbocycles. The van der Waals surface area contributed by atoms with Crippen molar-refractivity contribution in [1.29, 1.82) is 0 Å². The number of hydrogen-bond acceptors (Lipinski definition) is 1. The van der Waals surface area contributed by atoms with E-state index >= 15 is 0 Å². The second-order valence-corrected chi connectivity index (χ2v) is 5.62. The van der Waals surface area contributed by atoms with E-state index in [0.717, 1.165) is 5.92 Å². The van der Waals surface area contributed by atoms with Gasteiger partial charge in [0, 0.05) is 15.3 Å². The highest BCUT2D eigenvalue weighted by Crippen LogP contribution is 2.30. The van der Waals surface area contributed by atoms with E-state index in [9.17, 15) is 0 Å². The standard InChI is InChI=1S/C13H18IN/c1-10(11-6-2-3-7-11)15-13-9-5-4-8-12(13)14/h4-5,8-11,15H,2-3,6-7H2,1H3. The van der Waals surface area contributed by atoms with Crippen molar-refractivity contribution in [2.45, 2.75) is 38.6 Å². The van der Waals surface area contributed by atoms with Crippen LogP contribution in [0, 0.1) is 9.49 Å². The lowest BCUT2D eigenvalue weighted by Crippen LogP contribution is -2.24. The molecule has 1 aromatic rings. The zero-order chi connectivity index (χ0) is 10.7. The second-order valence-electron chi connectivity index (χ2n) is 4.46. The molecule has 82 valence electrons. The molecule has 1 aromatic carbocycles. The van der Waals surface area contributed by atoms with Crippen molar-refractivity contribution < 1.29 is 0 Å². The molecule has 1 fully saturated rings. The third-order valence-electron chi connectivity index (χ3n) is 3.36. The van der Waals surface area contributed by atoms with Gasteiger partial charge in [0.2, 0.25) is 0 Å². The molecule has 0 radical (unpaired) electrons. The summed E-state index contributed by atoms with van der Waals surface area (Å²) in [5.74, 6) is 0.876. The van der Waals surface area contributed by atoms with Crippen LogP contribution in [-0.4, -0.2) is 6.04 Å². The van der Waals surface area contributed by atoms with Gasteiger partial charge in [0.25, 0.3) is 0 Å². The predicted molar refractivity (Wildman–Crippen MR) is 74.2 cm³/mol. The topological polar surface area (TPSA) is 12.0 Å². The highest BCUT2D eigenvalue weighted by molar-refractivity contribution is 14.1. The largest absolute Gasteiger partial charge is 0.381 e. The van der Waals surface area contributed by atoms with Crippen LogP contribution in [0.3, 0.4) is 0 Å². The number of anilines is 1. The molecular weight excluding hydrogens is 297 g/mol. The Morgan fingerprint density at radius 1 is 1.27 bits per heavy atom. The van der Waals surface area contributed by atoms with Crippen LogP contribution in [0.15, 0.2) is 24.3 Å². The Morgan fingerprint density at radius 2 is 1.93 bits per heavy atom. The van der Waals surface area contributed by atoms with Crippen molar-refractivity contribution in [2.24, 2.45) is 5.92 Å². The number of benzene rings is 1. The van der Waals surface area contributed by atoms with Crippen LogP contribution < -0.4 is 5.32 Å². The Morgan fingerprint density at radius 3 is 2.60 bits per heavy atom. The van der Waals surface area contributed by atoms with E-state index < -0.39 is 0 Å². The molecule has 1 unspecified atom stereocenters. The first kappa shape index (κ1) is 11.2. The summed E-state index contributed by atoms with van der Waals surface area (Å²) in [5.41, 5.74) is 1.29. The third-order valence-corrected chi connectivity index (χ3v) is 4.30. The van der Waals surface area contributed by atoms with E-state index in [2.05, 4.69) is 59.1 Å². The Labute approximate surface area is 106 Å². The smallest absolute Gasteiger partial charge is 0.0478 e. The molecule has 0 aliphatic heterocycles. The summed E-state index contributed by atoms with van der Waals surface area (Å²) in [7, 11) is 0. The monoisotopic (exact) mass is 315 g/mol. The Kier molecular flexibility index (Phi) is 3.89. The molecule has 0 saturated heterocycles. The molecule has 15 heavy (non-hydrogen) atoms. The van der Waals surface area contributed by atoms with Gasteiger partial charge in [-0.2, -0.15) is 0 Å². The van der Waals surface area contributed by atoms with Gasteiger partial charge in [-0.25, -0.2) is 0 Å². The van der Waals surface area contributed by atoms with Crippen LogP contribution >= 0.6 is 22.6 Å². The molecule has 0 amide bonds. The third kappa shape index (κ3) is 2.86. The Bertz CT molecular complexity index is 318. The van der Waals surface area contributed by atoms with Gasteiger partial charge in [-0.05, 0) is 60.4 Å². The molecule has 0 aromatic heterocycles. The van der Waals surface area contributed by atoms with Crippen LogP contribution in [0.5, 0.6) is 0 Å². The highest BCUT2D eigenvalue weighted by Gasteiger charge is 2.21. The maximum Gasteiger partial charge on any atom is 0.0478 e. The minimum absolute atomic E-state index is 0.614. The van der Waals surface area contributed by atoms with E-state index in [-0.39, 0.29) is 0 Å². The van der Waals surface area contributed by atoms with Gasteiger partial charge in [-0.15, -0.1) is 0 Å². The molecule has 1 saturated carbocycles. The quantitative estimate of drug-likeness (QED) is 0.821. The van der Waals surface area contributed by atoms with E-state index in [1.807, 2.05) is 0 Å². The van der Waals surface area contributed by atoms with Crippen LogP contribution in [0.1, 0.15) is 32.6 Å². The van der Waals surface area contributed by atoms with Gasteiger partial charge in [-0.1, -0.05) is 25.0 Å². The molecule has 2 heteroatoms. The van der Waals surface area contributed by atoms with Crippen LogP contribution in [0.2, 0.25) is 0 Å². The first-order chi connectivity index (χ1) is 7.27. The van der Waals surface area contributed by atoms with Crippen molar-refractivity contribution in [3.63, 3.8) is 0 Å². The molecule has 1 aliphatic rings. The van der Waals surface area contributed by atoms with Gasteiger partial charge < -0.3 is 5.32 Å². The van der Waals surface area contributed by atoms with E-state index in [0.29, 0.717) is 6.04 Å². The molecule has 0 heterocycles. The summed E-state index contributed by atoms with van der Waals surface area (Å²) in [6.45, 7) is 2.32. The number of rotatable bonds is 3. The lowest BCUT2D eigenvalue weighted by molar-refractivity contribution is 0.482. The zero-order valence-electron chi connectivity index (χ0n) is 9.17. The molecule has 0 spiro atoms. The van der Waals surface area contributed by atoms with Gasteiger partial charge in [-0.3, -0.25) is 0 Å². The average molecular weight is 315 g/mol. The molecule has 0 bridgehead atoms. The minimum Gasteiger partial charge on any atom is -0.381 e. The Balaban J connectivity index is 1.99. The van der Waals surface area contributed by atoms with Gasteiger partial charge in [0.15, 0.2) is 0 Å². The predicted octanol–water partition coefficient (Wildman–Crippen LogP) is 4.28. The molecule has 1 nitrogen and oxygen atoms in total. The van der Waals surface area contributed by atoms with E-state index in [1.54, 1.807) is 0 Å². The van der Waals surface area contributed by atoms with Crippen LogP contribution in [-0.2, 0) is 0 Å². The summed E-state index contributed by atoms with van der Waals surface area (Å²) in [5, 5.41) is 3.64. The maximum atomic E-state index is 3.64. The summed E-state index contributed by atoms with van der Waals surface area (Å²) >= 11 is 2.39. The minimum atomic E-state index is 0.614. The summed E-state index contributed by atoms with van der Waals surface area (Å²) in [6, 6.07) is 9.14. The number of halogens is 1. The van der Waals surface area contributed by atoms with E-state index in [1.165, 1.54) is 34.9 Å². The first-order valence-corrected chi connectivity index (χ1v) is 6.86. The van der Waals surface area contributed by atoms with Crippen molar-refractivity contribution >= 4 is 28.3 Å². The summed E-state index contributed by atoms with van der Waals surface area (Å²) < 4.78 is 1.32. The summed E-state index contributed by atoms with van der Waals surface area (Å²) in [4.78, 5) is 0. The number of para-hydroxylation sites is 1. The number of hydrogen-bond donors (Lipinski definition) is 1. The van der Waals surface area contributed by atoms with Gasteiger partial charge >= 0.3 is 0 Å². The van der Waals surface area contributed by atoms with Gasteiger partial charge in [0.1, 0.15) is 0 Å². The van der Waals surface area contributed by atoms with Crippen molar-refractivity contribution in [3.05, 3.63) is 27.8 Å². The summed E-state index contributed by atoms with van der Waals surface area (Å²) in [6.07, 6.45) is 5.64. The fraction of sp³-hybridized carbons (Fsp3) is 0.538. The average Bonchev–Trinajstić information content (AvgIpc) is 2.74. The Hall–Kier alpha value is -0.250. The SMILES string of the molecule is CC(Nc1ccccc1I)C1CCCC1. The lowest BCUT2D eigenvalue weighted by Gasteiger charge is -2.22. The van der Waals surface area contributed by atoms with Crippen molar-refractivity contribution in [1.82, 2.24) is 0 Å². The normalized spacial score (nSPS) is 19.1. The molecule has 1 atom stereocenters. The van der Waals surface area contributed by atoms with Crippen molar-refractivity contribution in [3.8, 4) is 0 Å². The van der Waals surface area contributed by atoms with Crippen LogP contribution in [0.25, 0.3) is 0 Å². The molecule has 2 rings (SSSR count). The van der Waals surface area contributed by atoms with Gasteiger partial charge in [0.05, 0.1) is 0 Å². The highest BCUT2D eigenvalue weighted by atomic mass is 127. The lowest BCUT2D eigenvalue weighted by atomic mass is 9.99. The second kappa shape index (κ2) is 5.19. The molecule has 1 N–H and O–H groups in total.